The molecule has 0 N–H and O–H groups in total. The fourth-order valence-electron chi connectivity index (χ4n) is 3.48. The summed E-state index contributed by atoms with van der Waals surface area (Å²) >= 11 is 0. The molecule has 1 aromatic carbocycles. The van der Waals surface area contributed by atoms with Gasteiger partial charge in [0.05, 0.1) is 11.4 Å². The van der Waals surface area contributed by atoms with Crippen LogP contribution in [-0.4, -0.2) is 51.9 Å². The van der Waals surface area contributed by atoms with Crippen molar-refractivity contribution in [2.45, 2.75) is 19.1 Å². The molecule has 5 heteroatoms. The summed E-state index contributed by atoms with van der Waals surface area (Å²) < 4.78 is 0. The molecule has 0 saturated heterocycles. The molecule has 1 unspecified atom stereocenters. The van der Waals surface area contributed by atoms with Gasteiger partial charge in [-0.1, -0.05) is 42.0 Å². The Bertz CT molecular complexity index is 826. The summed E-state index contributed by atoms with van der Waals surface area (Å²) in [5, 5.41) is 0. The average molecular weight is 345 g/mol. The van der Waals surface area contributed by atoms with Gasteiger partial charge in [0.15, 0.2) is 6.29 Å². The second-order valence-electron chi connectivity index (χ2n) is 6.72. The van der Waals surface area contributed by atoms with Crippen LogP contribution in [0, 0.1) is 0 Å². The highest BCUT2D eigenvalue weighted by Crippen LogP contribution is 2.21. The van der Waals surface area contributed by atoms with Crippen LogP contribution < -0.4 is 0 Å². The third-order valence-electron chi connectivity index (χ3n) is 4.79. The van der Waals surface area contributed by atoms with Crippen LogP contribution in [0.15, 0.2) is 77.8 Å². The van der Waals surface area contributed by atoms with E-state index in [9.17, 15) is 0 Å². The Kier molecular flexibility index (Phi) is 4.88. The fourth-order valence-corrected chi connectivity index (χ4v) is 3.48. The second-order valence-corrected chi connectivity index (χ2v) is 6.72. The molecule has 0 saturated carbocycles. The van der Waals surface area contributed by atoms with E-state index in [4.69, 9.17) is 4.99 Å². The molecule has 5 nitrogen and oxygen atoms in total. The summed E-state index contributed by atoms with van der Waals surface area (Å²) in [6.07, 6.45) is 11.9. The lowest BCUT2D eigenvalue weighted by atomic mass is 10.0. The minimum absolute atomic E-state index is 0.00411. The minimum Gasteiger partial charge on any atom is -0.347 e. The van der Waals surface area contributed by atoms with Gasteiger partial charge in [0.2, 0.25) is 0 Å². The van der Waals surface area contributed by atoms with E-state index in [1.54, 1.807) is 12.5 Å². The van der Waals surface area contributed by atoms with Crippen molar-refractivity contribution in [1.82, 2.24) is 19.8 Å². The van der Waals surface area contributed by atoms with Crippen molar-refractivity contribution >= 4 is 5.71 Å². The van der Waals surface area contributed by atoms with E-state index in [2.05, 4.69) is 69.4 Å². The maximum absolute atomic E-state index is 4.96. The fraction of sp³-hybridized carbons (Fsp3) is 0.286. The van der Waals surface area contributed by atoms with Crippen molar-refractivity contribution in [3.8, 4) is 0 Å². The molecule has 0 amide bonds. The highest BCUT2D eigenvalue weighted by Gasteiger charge is 2.26. The van der Waals surface area contributed by atoms with Gasteiger partial charge in [-0.2, -0.15) is 0 Å². The summed E-state index contributed by atoms with van der Waals surface area (Å²) in [4.78, 5) is 17.9. The summed E-state index contributed by atoms with van der Waals surface area (Å²) in [6.45, 7) is 1.96. The number of aromatic nitrogens is 2. The predicted octanol–water partition coefficient (Wildman–Crippen LogP) is 2.88. The number of aliphatic imine (C=N–C) groups is 1. The molecular formula is C21H23N5. The quantitative estimate of drug-likeness (QED) is 0.800. The Morgan fingerprint density at radius 3 is 2.85 bits per heavy atom. The van der Waals surface area contributed by atoms with Gasteiger partial charge in [-0.3, -0.25) is 4.90 Å². The van der Waals surface area contributed by atoms with Crippen LogP contribution in [0.25, 0.3) is 0 Å². The van der Waals surface area contributed by atoms with Gasteiger partial charge in [-0.15, -0.1) is 0 Å². The first-order valence-corrected chi connectivity index (χ1v) is 9.00. The Labute approximate surface area is 154 Å². The van der Waals surface area contributed by atoms with Crippen molar-refractivity contribution in [1.29, 1.82) is 0 Å². The first-order valence-electron chi connectivity index (χ1n) is 9.00. The van der Waals surface area contributed by atoms with Crippen molar-refractivity contribution < 1.29 is 0 Å². The van der Waals surface area contributed by atoms with E-state index in [0.29, 0.717) is 0 Å². The van der Waals surface area contributed by atoms with Crippen LogP contribution in [0.3, 0.4) is 0 Å². The first-order chi connectivity index (χ1) is 12.8. The molecule has 0 bridgehead atoms. The van der Waals surface area contributed by atoms with Crippen LogP contribution in [0.5, 0.6) is 0 Å². The van der Waals surface area contributed by atoms with E-state index in [0.717, 1.165) is 37.3 Å². The van der Waals surface area contributed by atoms with Crippen LogP contribution in [0.1, 0.15) is 17.7 Å². The monoisotopic (exact) mass is 345 g/mol. The maximum atomic E-state index is 4.96. The largest absolute Gasteiger partial charge is 0.347 e. The van der Waals surface area contributed by atoms with Crippen LogP contribution in [0.4, 0.5) is 0 Å². The molecule has 0 aliphatic carbocycles. The Morgan fingerprint density at radius 1 is 1.15 bits per heavy atom. The molecule has 0 spiro atoms. The van der Waals surface area contributed by atoms with Gasteiger partial charge < -0.3 is 4.90 Å². The Morgan fingerprint density at radius 2 is 2.04 bits per heavy atom. The van der Waals surface area contributed by atoms with Gasteiger partial charge >= 0.3 is 0 Å². The zero-order chi connectivity index (χ0) is 17.8. The maximum Gasteiger partial charge on any atom is 0.179 e. The summed E-state index contributed by atoms with van der Waals surface area (Å²) in [7, 11) is 2.08. The predicted molar refractivity (Wildman–Crippen MR) is 104 cm³/mol. The molecule has 1 atom stereocenters. The number of hydrogen-bond acceptors (Lipinski definition) is 5. The standard InChI is InChI=1S/C21H23N5/c1-25-13-10-20(19-9-11-22-16-23-19)24-21(25)26-12-5-8-18(15-26)14-17-6-3-2-4-7-17/h2-4,6-11,13,16,21H,5,12,14-15H2,1H3. The molecule has 132 valence electrons. The second kappa shape index (κ2) is 7.62. The highest BCUT2D eigenvalue weighted by atomic mass is 15.4. The van der Waals surface area contributed by atoms with Gasteiger partial charge in [-0.05, 0) is 30.5 Å². The molecule has 3 heterocycles. The molecule has 2 aromatic rings. The van der Waals surface area contributed by atoms with Gasteiger partial charge in [0.1, 0.15) is 6.33 Å². The lowest BCUT2D eigenvalue weighted by molar-refractivity contribution is 0.104. The van der Waals surface area contributed by atoms with E-state index in [1.165, 1.54) is 11.1 Å². The SMILES string of the molecule is CN1C=CC(c2ccncn2)=NC1N1CCC=C(Cc2ccccc2)C1. The van der Waals surface area contributed by atoms with E-state index in [1.807, 2.05) is 12.1 Å². The van der Waals surface area contributed by atoms with Crippen molar-refractivity contribution in [3.05, 3.63) is 84.1 Å². The molecule has 1 aromatic heterocycles. The van der Waals surface area contributed by atoms with Crippen LogP contribution in [-0.2, 0) is 6.42 Å². The smallest absolute Gasteiger partial charge is 0.179 e. The number of nitrogens with zero attached hydrogens (tertiary/aromatic N) is 5. The number of hydrogen-bond donors (Lipinski definition) is 0. The molecule has 4 rings (SSSR count). The minimum atomic E-state index is 0.00411. The van der Waals surface area contributed by atoms with E-state index >= 15 is 0 Å². The molecule has 2 aliphatic rings. The van der Waals surface area contributed by atoms with Gasteiger partial charge in [-0.25, -0.2) is 15.0 Å². The molecule has 2 aliphatic heterocycles. The lowest BCUT2D eigenvalue weighted by Gasteiger charge is -2.38. The van der Waals surface area contributed by atoms with Crippen LogP contribution >= 0.6 is 0 Å². The molecule has 0 fully saturated rings. The number of rotatable bonds is 4. The van der Waals surface area contributed by atoms with Gasteiger partial charge in [0.25, 0.3) is 0 Å². The zero-order valence-corrected chi connectivity index (χ0v) is 15.0. The highest BCUT2D eigenvalue weighted by molar-refractivity contribution is 6.07. The van der Waals surface area contributed by atoms with Crippen molar-refractivity contribution in [2.75, 3.05) is 20.1 Å². The zero-order valence-electron chi connectivity index (χ0n) is 15.0. The Hall–Kier alpha value is -2.79. The van der Waals surface area contributed by atoms with Gasteiger partial charge in [0, 0.05) is 32.5 Å². The molecule has 0 radical (unpaired) electrons. The molecular weight excluding hydrogens is 322 g/mol. The third kappa shape index (κ3) is 3.73. The summed E-state index contributed by atoms with van der Waals surface area (Å²) in [5.41, 5.74) is 4.60. The molecule has 26 heavy (non-hydrogen) atoms. The van der Waals surface area contributed by atoms with Crippen molar-refractivity contribution in [3.63, 3.8) is 0 Å². The summed E-state index contributed by atoms with van der Waals surface area (Å²) in [6, 6.07) is 12.6. The number of allylic oxidation sites excluding steroid dienone is 1. The average Bonchev–Trinajstić information content (AvgIpc) is 2.70. The summed E-state index contributed by atoms with van der Waals surface area (Å²) in [5.74, 6) is 0. The van der Waals surface area contributed by atoms with E-state index in [-0.39, 0.29) is 6.29 Å². The Balaban J connectivity index is 1.50. The van der Waals surface area contributed by atoms with Crippen LogP contribution in [0.2, 0.25) is 0 Å². The third-order valence-corrected chi connectivity index (χ3v) is 4.79. The lowest BCUT2D eigenvalue weighted by Crippen LogP contribution is -2.47. The van der Waals surface area contributed by atoms with Crippen molar-refractivity contribution in [2.24, 2.45) is 4.99 Å². The first kappa shape index (κ1) is 16.7. The van der Waals surface area contributed by atoms with E-state index < -0.39 is 0 Å². The number of benzene rings is 1. The normalized spacial score (nSPS) is 20.7. The topological polar surface area (TPSA) is 44.6 Å².